The molecule has 4 heteroatoms. The first kappa shape index (κ1) is 13.9. The molecule has 0 saturated heterocycles. The highest BCUT2D eigenvalue weighted by Gasteiger charge is 2.04. The van der Waals surface area contributed by atoms with E-state index >= 15 is 0 Å². The number of unbranched alkanes of at least 4 members (excludes halogenated alkanes) is 1. The molecule has 0 spiro atoms. The largest absolute Gasteiger partial charge is 0.466 e. The molecular weight excluding hydrogens is 238 g/mol. The zero-order chi connectivity index (χ0) is 13.7. The van der Waals surface area contributed by atoms with E-state index in [4.69, 9.17) is 4.42 Å². The van der Waals surface area contributed by atoms with E-state index in [0.717, 1.165) is 31.2 Å². The molecule has 0 aliphatic rings. The third kappa shape index (κ3) is 3.96. The lowest BCUT2D eigenvalue weighted by Gasteiger charge is -2.01. The fourth-order valence-electron chi connectivity index (χ4n) is 2.14. The van der Waals surface area contributed by atoms with E-state index in [1.807, 2.05) is 24.7 Å². The van der Waals surface area contributed by atoms with Crippen molar-refractivity contribution in [3.8, 4) is 0 Å². The average Bonchev–Trinajstić information content (AvgIpc) is 2.94. The lowest BCUT2D eigenvalue weighted by Crippen LogP contribution is -2.12. The zero-order valence-corrected chi connectivity index (χ0v) is 12.1. The van der Waals surface area contributed by atoms with Crippen LogP contribution >= 0.6 is 0 Å². The Morgan fingerprint density at radius 1 is 1.32 bits per heavy atom. The van der Waals surface area contributed by atoms with Gasteiger partial charge in [0.05, 0.1) is 6.20 Å². The van der Waals surface area contributed by atoms with Crippen LogP contribution in [0.2, 0.25) is 0 Å². The smallest absolute Gasteiger partial charge is 0.105 e. The molecule has 0 aliphatic carbocycles. The number of furan rings is 1. The molecule has 0 unspecified atom stereocenters. The molecule has 0 aromatic carbocycles. The van der Waals surface area contributed by atoms with Crippen molar-refractivity contribution < 1.29 is 4.42 Å². The first-order valence-corrected chi connectivity index (χ1v) is 6.97. The summed E-state index contributed by atoms with van der Waals surface area (Å²) in [5, 5.41) is 7.79. The number of hydrogen-bond acceptors (Lipinski definition) is 3. The summed E-state index contributed by atoms with van der Waals surface area (Å²) in [6.45, 7) is 8.87. The summed E-state index contributed by atoms with van der Waals surface area (Å²) in [7, 11) is 0. The van der Waals surface area contributed by atoms with Crippen LogP contribution in [0.3, 0.4) is 0 Å². The summed E-state index contributed by atoms with van der Waals surface area (Å²) in [6.07, 6.45) is 6.45. The summed E-state index contributed by atoms with van der Waals surface area (Å²) < 4.78 is 7.53. The molecule has 2 rings (SSSR count). The zero-order valence-electron chi connectivity index (χ0n) is 12.1. The maximum Gasteiger partial charge on any atom is 0.105 e. The SMILES string of the molecule is CCCCn1cc(CNCc2cc(C)oc2C)cn1. The Bertz CT molecular complexity index is 513. The van der Waals surface area contributed by atoms with Crippen LogP contribution in [0, 0.1) is 13.8 Å². The third-order valence-corrected chi connectivity index (χ3v) is 3.22. The van der Waals surface area contributed by atoms with E-state index < -0.39 is 0 Å². The van der Waals surface area contributed by atoms with Crippen molar-refractivity contribution in [2.24, 2.45) is 0 Å². The van der Waals surface area contributed by atoms with Gasteiger partial charge in [0.15, 0.2) is 0 Å². The fourth-order valence-corrected chi connectivity index (χ4v) is 2.14. The molecule has 4 nitrogen and oxygen atoms in total. The van der Waals surface area contributed by atoms with E-state index in [1.54, 1.807) is 0 Å². The second-order valence-corrected chi connectivity index (χ2v) is 5.01. The molecule has 0 amide bonds. The Hall–Kier alpha value is -1.55. The molecule has 104 valence electrons. The van der Waals surface area contributed by atoms with Crippen molar-refractivity contribution in [1.29, 1.82) is 0 Å². The van der Waals surface area contributed by atoms with Crippen LogP contribution in [0.1, 0.15) is 42.4 Å². The minimum atomic E-state index is 0.837. The van der Waals surface area contributed by atoms with Gasteiger partial charge in [0.25, 0.3) is 0 Å². The van der Waals surface area contributed by atoms with Crippen molar-refractivity contribution in [2.75, 3.05) is 0 Å². The summed E-state index contributed by atoms with van der Waals surface area (Å²) in [6, 6.07) is 2.09. The molecule has 0 bridgehead atoms. The molecule has 0 saturated carbocycles. The van der Waals surface area contributed by atoms with Crippen molar-refractivity contribution in [3.63, 3.8) is 0 Å². The van der Waals surface area contributed by atoms with Crippen molar-refractivity contribution in [3.05, 3.63) is 41.1 Å². The highest BCUT2D eigenvalue weighted by atomic mass is 16.3. The van der Waals surface area contributed by atoms with Crippen molar-refractivity contribution in [2.45, 2.75) is 53.2 Å². The Balaban J connectivity index is 1.79. The van der Waals surface area contributed by atoms with Gasteiger partial charge in [-0.05, 0) is 26.3 Å². The second kappa shape index (κ2) is 6.57. The standard InChI is InChI=1S/C15H23N3O/c1-4-5-6-18-11-14(9-17-18)8-16-10-15-7-12(2)19-13(15)3/h7,9,11,16H,4-6,8,10H2,1-3H3. The van der Waals surface area contributed by atoms with Gasteiger partial charge in [-0.1, -0.05) is 13.3 Å². The number of nitrogens with zero attached hydrogens (tertiary/aromatic N) is 2. The van der Waals surface area contributed by atoms with Crippen LogP contribution in [0.25, 0.3) is 0 Å². The summed E-state index contributed by atoms with van der Waals surface area (Å²) in [4.78, 5) is 0. The molecular formula is C15H23N3O. The second-order valence-electron chi connectivity index (χ2n) is 5.01. The van der Waals surface area contributed by atoms with Gasteiger partial charge in [-0.15, -0.1) is 0 Å². The molecule has 0 atom stereocenters. The van der Waals surface area contributed by atoms with E-state index in [9.17, 15) is 0 Å². The van der Waals surface area contributed by atoms with Crippen molar-refractivity contribution in [1.82, 2.24) is 15.1 Å². The lowest BCUT2D eigenvalue weighted by molar-refractivity contribution is 0.499. The Labute approximate surface area is 114 Å². The predicted octanol–water partition coefficient (Wildman–Crippen LogP) is 3.18. The lowest BCUT2D eigenvalue weighted by atomic mass is 10.2. The third-order valence-electron chi connectivity index (χ3n) is 3.22. The highest BCUT2D eigenvalue weighted by molar-refractivity contribution is 5.19. The molecule has 19 heavy (non-hydrogen) atoms. The van der Waals surface area contributed by atoms with Crippen LogP contribution in [0.15, 0.2) is 22.9 Å². The maximum absolute atomic E-state index is 5.51. The van der Waals surface area contributed by atoms with E-state index in [2.05, 4.69) is 29.6 Å². The summed E-state index contributed by atoms with van der Waals surface area (Å²) >= 11 is 0. The number of aromatic nitrogens is 2. The van der Waals surface area contributed by atoms with E-state index in [-0.39, 0.29) is 0 Å². The highest BCUT2D eigenvalue weighted by Crippen LogP contribution is 2.13. The van der Waals surface area contributed by atoms with E-state index in [0.29, 0.717) is 0 Å². The van der Waals surface area contributed by atoms with Crippen LogP contribution < -0.4 is 5.32 Å². The maximum atomic E-state index is 5.51. The topological polar surface area (TPSA) is 43.0 Å². The Morgan fingerprint density at radius 2 is 2.16 bits per heavy atom. The summed E-state index contributed by atoms with van der Waals surface area (Å²) in [5.41, 5.74) is 2.46. The van der Waals surface area contributed by atoms with E-state index in [1.165, 1.54) is 24.0 Å². The fraction of sp³-hybridized carbons (Fsp3) is 0.533. The van der Waals surface area contributed by atoms with Gasteiger partial charge < -0.3 is 9.73 Å². The van der Waals surface area contributed by atoms with Gasteiger partial charge in [0.2, 0.25) is 0 Å². The molecule has 0 radical (unpaired) electrons. The Kier molecular flexibility index (Phi) is 4.80. The van der Waals surface area contributed by atoms with Gasteiger partial charge in [-0.2, -0.15) is 5.10 Å². The molecule has 2 aromatic heterocycles. The monoisotopic (exact) mass is 261 g/mol. The summed E-state index contributed by atoms with van der Waals surface area (Å²) in [5.74, 6) is 1.98. The first-order valence-electron chi connectivity index (χ1n) is 6.97. The molecule has 2 heterocycles. The normalized spacial score (nSPS) is 11.1. The molecule has 0 aliphatic heterocycles. The van der Waals surface area contributed by atoms with Crippen LogP contribution in [-0.2, 0) is 19.6 Å². The van der Waals surface area contributed by atoms with Gasteiger partial charge >= 0.3 is 0 Å². The van der Waals surface area contributed by atoms with Gasteiger partial charge in [0.1, 0.15) is 11.5 Å². The minimum Gasteiger partial charge on any atom is -0.466 e. The van der Waals surface area contributed by atoms with Gasteiger partial charge in [0, 0.05) is 37.0 Å². The van der Waals surface area contributed by atoms with Crippen LogP contribution in [-0.4, -0.2) is 9.78 Å². The van der Waals surface area contributed by atoms with Gasteiger partial charge in [-0.3, -0.25) is 4.68 Å². The number of aryl methyl sites for hydroxylation is 3. The van der Waals surface area contributed by atoms with Crippen molar-refractivity contribution >= 4 is 0 Å². The van der Waals surface area contributed by atoms with Gasteiger partial charge in [-0.25, -0.2) is 0 Å². The number of nitrogens with one attached hydrogen (secondary N) is 1. The first-order chi connectivity index (χ1) is 9.19. The van der Waals surface area contributed by atoms with Crippen LogP contribution in [0.4, 0.5) is 0 Å². The number of hydrogen-bond donors (Lipinski definition) is 1. The minimum absolute atomic E-state index is 0.837. The molecule has 1 N–H and O–H groups in total. The Morgan fingerprint density at radius 3 is 2.84 bits per heavy atom. The predicted molar refractivity (Wildman–Crippen MR) is 75.9 cm³/mol. The average molecular weight is 261 g/mol. The quantitative estimate of drug-likeness (QED) is 0.832. The molecule has 2 aromatic rings. The molecule has 0 fully saturated rings. The van der Waals surface area contributed by atoms with Crippen LogP contribution in [0.5, 0.6) is 0 Å². The number of rotatable bonds is 7.